The van der Waals surface area contributed by atoms with Crippen LogP contribution in [0, 0.1) is 11.7 Å². The third kappa shape index (κ3) is 3.66. The molecule has 1 aliphatic carbocycles. The van der Waals surface area contributed by atoms with Crippen molar-refractivity contribution in [1.29, 1.82) is 0 Å². The van der Waals surface area contributed by atoms with E-state index in [1.165, 1.54) is 31.7 Å². The van der Waals surface area contributed by atoms with Crippen molar-refractivity contribution in [1.82, 2.24) is 10.3 Å². The van der Waals surface area contributed by atoms with Crippen LogP contribution < -0.4 is 10.6 Å². The van der Waals surface area contributed by atoms with E-state index in [9.17, 15) is 9.18 Å². The van der Waals surface area contributed by atoms with Gasteiger partial charge in [-0.3, -0.25) is 4.79 Å². The monoisotopic (exact) mass is 265 g/mol. The Bertz CT molecular complexity index is 444. The number of carbonyl (C=O) groups is 1. The number of hydrogen-bond acceptors (Lipinski definition) is 3. The van der Waals surface area contributed by atoms with Gasteiger partial charge in [0.15, 0.2) is 0 Å². The van der Waals surface area contributed by atoms with Crippen molar-refractivity contribution in [3.8, 4) is 0 Å². The van der Waals surface area contributed by atoms with Crippen LogP contribution in [0.15, 0.2) is 12.3 Å². The normalized spacial score (nSPS) is 15.5. The van der Waals surface area contributed by atoms with Crippen molar-refractivity contribution in [2.75, 3.05) is 18.9 Å². The molecule has 0 unspecified atom stereocenters. The van der Waals surface area contributed by atoms with Crippen LogP contribution in [0.3, 0.4) is 0 Å². The summed E-state index contributed by atoms with van der Waals surface area (Å²) < 4.78 is 13.1. The van der Waals surface area contributed by atoms with Crippen LogP contribution in [0.5, 0.6) is 0 Å². The zero-order chi connectivity index (χ0) is 13.7. The SMILES string of the molecule is CNc1ncc(F)cc1C(=O)NCCC1CCCC1. The standard InChI is InChI=1S/C14H20FN3O/c1-16-13-12(8-11(15)9-18-13)14(19)17-7-6-10-4-2-3-5-10/h8-10H,2-7H2,1H3,(H,16,18)(H,17,19). The Labute approximate surface area is 112 Å². The molecule has 5 heteroatoms. The van der Waals surface area contributed by atoms with Crippen LogP contribution in [0.25, 0.3) is 0 Å². The van der Waals surface area contributed by atoms with Crippen LogP contribution in [0.4, 0.5) is 10.2 Å². The average Bonchev–Trinajstić information content (AvgIpc) is 2.91. The van der Waals surface area contributed by atoms with E-state index in [4.69, 9.17) is 0 Å². The highest BCUT2D eigenvalue weighted by molar-refractivity contribution is 5.98. The molecule has 0 radical (unpaired) electrons. The summed E-state index contributed by atoms with van der Waals surface area (Å²) in [5, 5.41) is 5.64. The minimum absolute atomic E-state index is 0.258. The van der Waals surface area contributed by atoms with Crippen LogP contribution >= 0.6 is 0 Å². The molecule has 1 aromatic heterocycles. The molecule has 1 aromatic rings. The van der Waals surface area contributed by atoms with Gasteiger partial charge in [0.05, 0.1) is 11.8 Å². The highest BCUT2D eigenvalue weighted by Crippen LogP contribution is 2.26. The van der Waals surface area contributed by atoms with Crippen LogP contribution in [-0.2, 0) is 0 Å². The number of rotatable bonds is 5. The molecule has 2 N–H and O–H groups in total. The number of pyridine rings is 1. The molecule has 1 fully saturated rings. The van der Waals surface area contributed by atoms with E-state index >= 15 is 0 Å². The third-order valence-electron chi connectivity index (χ3n) is 3.65. The summed E-state index contributed by atoms with van der Waals surface area (Å²) in [6.07, 6.45) is 7.23. The molecule has 0 aliphatic heterocycles. The van der Waals surface area contributed by atoms with Gasteiger partial charge in [-0.15, -0.1) is 0 Å². The number of amides is 1. The molecule has 0 aromatic carbocycles. The zero-order valence-electron chi connectivity index (χ0n) is 11.2. The molecule has 0 spiro atoms. The lowest BCUT2D eigenvalue weighted by Gasteiger charge is -2.11. The van der Waals surface area contributed by atoms with E-state index in [1.54, 1.807) is 7.05 Å². The Morgan fingerprint density at radius 3 is 2.89 bits per heavy atom. The summed E-state index contributed by atoms with van der Waals surface area (Å²) >= 11 is 0. The minimum atomic E-state index is -0.500. The van der Waals surface area contributed by atoms with Gasteiger partial charge in [0, 0.05) is 13.6 Å². The lowest BCUT2D eigenvalue weighted by Crippen LogP contribution is -2.26. The molecule has 1 saturated carbocycles. The minimum Gasteiger partial charge on any atom is -0.372 e. The van der Waals surface area contributed by atoms with Crippen molar-refractivity contribution in [2.45, 2.75) is 32.1 Å². The maximum absolute atomic E-state index is 13.1. The van der Waals surface area contributed by atoms with Crippen molar-refractivity contribution < 1.29 is 9.18 Å². The molecule has 0 atom stereocenters. The van der Waals surface area contributed by atoms with Gasteiger partial charge in [-0.1, -0.05) is 25.7 Å². The summed E-state index contributed by atoms with van der Waals surface area (Å²) in [6.45, 7) is 0.642. The molecule has 1 aliphatic rings. The van der Waals surface area contributed by atoms with E-state index in [2.05, 4.69) is 15.6 Å². The molecule has 1 heterocycles. The molecule has 2 rings (SSSR count). The molecule has 0 bridgehead atoms. The van der Waals surface area contributed by atoms with Gasteiger partial charge in [-0.05, 0) is 18.4 Å². The fourth-order valence-corrected chi connectivity index (χ4v) is 2.60. The van der Waals surface area contributed by atoms with Gasteiger partial charge >= 0.3 is 0 Å². The first-order valence-corrected chi connectivity index (χ1v) is 6.82. The van der Waals surface area contributed by atoms with Gasteiger partial charge in [0.2, 0.25) is 0 Å². The lowest BCUT2D eigenvalue weighted by molar-refractivity contribution is 0.0951. The summed E-state index contributed by atoms with van der Waals surface area (Å²) in [7, 11) is 1.66. The first kappa shape index (κ1) is 13.8. The summed E-state index contributed by atoms with van der Waals surface area (Å²) in [5.41, 5.74) is 0.258. The molecular weight excluding hydrogens is 245 g/mol. The van der Waals surface area contributed by atoms with E-state index in [-0.39, 0.29) is 11.5 Å². The number of nitrogens with zero attached hydrogens (tertiary/aromatic N) is 1. The zero-order valence-corrected chi connectivity index (χ0v) is 11.2. The molecular formula is C14H20FN3O. The number of carbonyl (C=O) groups excluding carboxylic acids is 1. The quantitative estimate of drug-likeness (QED) is 0.860. The molecule has 19 heavy (non-hydrogen) atoms. The second kappa shape index (κ2) is 6.50. The number of anilines is 1. The number of aromatic nitrogens is 1. The summed E-state index contributed by atoms with van der Waals surface area (Å²) in [4.78, 5) is 15.8. The summed E-state index contributed by atoms with van der Waals surface area (Å²) in [5.74, 6) is 0.365. The average molecular weight is 265 g/mol. The van der Waals surface area contributed by atoms with Crippen molar-refractivity contribution in [2.24, 2.45) is 5.92 Å². The Hall–Kier alpha value is -1.65. The molecule has 0 saturated heterocycles. The topological polar surface area (TPSA) is 54.0 Å². The Morgan fingerprint density at radius 1 is 1.47 bits per heavy atom. The van der Waals surface area contributed by atoms with E-state index in [0.717, 1.165) is 18.5 Å². The molecule has 4 nitrogen and oxygen atoms in total. The first-order chi connectivity index (χ1) is 9.20. The van der Waals surface area contributed by atoms with Crippen LogP contribution in [0.2, 0.25) is 0 Å². The highest BCUT2D eigenvalue weighted by Gasteiger charge is 2.16. The van der Waals surface area contributed by atoms with Gasteiger partial charge < -0.3 is 10.6 Å². The van der Waals surface area contributed by atoms with Gasteiger partial charge in [0.1, 0.15) is 11.6 Å². The third-order valence-corrected chi connectivity index (χ3v) is 3.65. The smallest absolute Gasteiger partial charge is 0.255 e. The van der Waals surface area contributed by atoms with E-state index < -0.39 is 5.82 Å². The first-order valence-electron chi connectivity index (χ1n) is 6.82. The van der Waals surface area contributed by atoms with Gasteiger partial charge in [0.25, 0.3) is 5.91 Å². The van der Waals surface area contributed by atoms with E-state index in [0.29, 0.717) is 12.4 Å². The van der Waals surface area contributed by atoms with Crippen molar-refractivity contribution in [3.05, 3.63) is 23.6 Å². The number of halogens is 1. The molecule has 104 valence electrons. The van der Waals surface area contributed by atoms with Crippen molar-refractivity contribution in [3.63, 3.8) is 0 Å². The molecule has 1 amide bonds. The largest absolute Gasteiger partial charge is 0.372 e. The predicted octanol–water partition coefficient (Wildman–Crippen LogP) is 2.57. The number of hydrogen-bond donors (Lipinski definition) is 2. The maximum atomic E-state index is 13.1. The summed E-state index contributed by atoms with van der Waals surface area (Å²) in [6, 6.07) is 1.21. The highest BCUT2D eigenvalue weighted by atomic mass is 19.1. The van der Waals surface area contributed by atoms with E-state index in [1.807, 2.05) is 0 Å². The Morgan fingerprint density at radius 2 is 2.21 bits per heavy atom. The van der Waals surface area contributed by atoms with Crippen LogP contribution in [-0.4, -0.2) is 24.5 Å². The Kier molecular flexibility index (Phi) is 4.71. The van der Waals surface area contributed by atoms with Gasteiger partial charge in [-0.25, -0.2) is 9.37 Å². The number of nitrogens with one attached hydrogen (secondary N) is 2. The maximum Gasteiger partial charge on any atom is 0.255 e. The lowest BCUT2D eigenvalue weighted by atomic mass is 10.0. The fourth-order valence-electron chi connectivity index (χ4n) is 2.60. The van der Waals surface area contributed by atoms with Crippen molar-refractivity contribution >= 4 is 11.7 Å². The Balaban J connectivity index is 1.89. The predicted molar refractivity (Wildman–Crippen MR) is 72.6 cm³/mol. The second-order valence-electron chi connectivity index (χ2n) is 4.99. The van der Waals surface area contributed by atoms with Crippen LogP contribution in [0.1, 0.15) is 42.5 Å². The van der Waals surface area contributed by atoms with Gasteiger partial charge in [-0.2, -0.15) is 0 Å². The fraction of sp³-hybridized carbons (Fsp3) is 0.571. The second-order valence-corrected chi connectivity index (χ2v) is 4.99.